The zero-order valence-corrected chi connectivity index (χ0v) is 12.6. The van der Waals surface area contributed by atoms with Gasteiger partial charge in [0.05, 0.1) is 7.85 Å². The summed E-state index contributed by atoms with van der Waals surface area (Å²) in [7, 11) is 6.72. The van der Waals surface area contributed by atoms with Gasteiger partial charge >= 0.3 is 0 Å². The summed E-state index contributed by atoms with van der Waals surface area (Å²) in [6.45, 7) is 8.42. The van der Waals surface area contributed by atoms with E-state index in [0.717, 1.165) is 18.8 Å². The summed E-state index contributed by atoms with van der Waals surface area (Å²) < 4.78 is 0. The minimum Gasteiger partial charge on any atom is -0.100 e. The van der Waals surface area contributed by atoms with Crippen molar-refractivity contribution in [2.24, 2.45) is 5.92 Å². The maximum absolute atomic E-state index is 6.72. The molecule has 1 aliphatic rings. The average Bonchev–Trinajstić information content (AvgIpc) is 2.35. The van der Waals surface area contributed by atoms with Gasteiger partial charge in [0.1, 0.15) is 0 Å². The molecule has 1 aliphatic carbocycles. The van der Waals surface area contributed by atoms with Crippen LogP contribution in [0, 0.1) is 5.92 Å². The van der Waals surface area contributed by atoms with E-state index in [2.05, 4.69) is 20.4 Å². The Bertz CT molecular complexity index is 240. The van der Waals surface area contributed by atoms with E-state index < -0.39 is 0 Å². The lowest BCUT2D eigenvalue weighted by molar-refractivity contribution is 0.278. The molecule has 1 heteroatoms. The van der Waals surface area contributed by atoms with E-state index in [4.69, 9.17) is 7.85 Å². The molecule has 102 valence electrons. The van der Waals surface area contributed by atoms with Gasteiger partial charge < -0.3 is 0 Å². The van der Waals surface area contributed by atoms with Crippen LogP contribution in [0.15, 0.2) is 12.2 Å². The molecule has 1 rings (SSSR count). The largest absolute Gasteiger partial charge is 0.100 e. The van der Waals surface area contributed by atoms with Crippen molar-refractivity contribution in [1.29, 1.82) is 0 Å². The highest BCUT2D eigenvalue weighted by Gasteiger charge is 2.27. The summed E-state index contributed by atoms with van der Waals surface area (Å²) >= 11 is 0. The Morgan fingerprint density at radius 2 is 1.89 bits per heavy atom. The Hall–Kier alpha value is -0.195. The Balaban J connectivity index is 2.48. The van der Waals surface area contributed by atoms with E-state index >= 15 is 0 Å². The normalized spacial score (nSPS) is 20.6. The van der Waals surface area contributed by atoms with Crippen molar-refractivity contribution < 1.29 is 0 Å². The Morgan fingerprint density at radius 3 is 2.44 bits per heavy atom. The predicted molar refractivity (Wildman–Crippen MR) is 83.2 cm³/mol. The van der Waals surface area contributed by atoms with Gasteiger partial charge in [0.25, 0.3) is 0 Å². The molecule has 1 unspecified atom stereocenters. The van der Waals surface area contributed by atoms with Crippen molar-refractivity contribution in [2.75, 3.05) is 0 Å². The van der Waals surface area contributed by atoms with Gasteiger partial charge in [-0.3, -0.25) is 0 Å². The van der Waals surface area contributed by atoms with E-state index in [-0.39, 0.29) is 5.31 Å². The molecule has 1 fully saturated rings. The zero-order valence-electron chi connectivity index (χ0n) is 12.6. The SMILES string of the molecule is [B]C(CCCC)(CCC(=C)C)CC1CCCCC1. The van der Waals surface area contributed by atoms with Gasteiger partial charge in [0.15, 0.2) is 0 Å². The van der Waals surface area contributed by atoms with Crippen LogP contribution in [0.3, 0.4) is 0 Å². The molecule has 0 spiro atoms. The summed E-state index contributed by atoms with van der Waals surface area (Å²) in [6.07, 6.45) is 14.4. The van der Waals surface area contributed by atoms with Gasteiger partial charge in [-0.25, -0.2) is 0 Å². The number of allylic oxidation sites excluding steroid dienone is 1. The van der Waals surface area contributed by atoms with Crippen LogP contribution in [-0.4, -0.2) is 7.85 Å². The molecule has 0 aromatic carbocycles. The number of hydrogen-bond donors (Lipinski definition) is 0. The first-order chi connectivity index (χ1) is 8.56. The Labute approximate surface area is 116 Å². The molecular formula is C17H31B. The first-order valence-electron chi connectivity index (χ1n) is 7.99. The maximum atomic E-state index is 6.72. The summed E-state index contributed by atoms with van der Waals surface area (Å²) in [5.41, 5.74) is 1.28. The summed E-state index contributed by atoms with van der Waals surface area (Å²) in [4.78, 5) is 0. The van der Waals surface area contributed by atoms with Crippen LogP contribution >= 0.6 is 0 Å². The molecule has 0 nitrogen and oxygen atoms in total. The lowest BCUT2D eigenvalue weighted by atomic mass is 9.57. The molecule has 0 heterocycles. The highest BCUT2D eigenvalue weighted by atomic mass is 14.3. The van der Waals surface area contributed by atoms with Crippen LogP contribution in [-0.2, 0) is 0 Å². The van der Waals surface area contributed by atoms with E-state index in [0.29, 0.717) is 0 Å². The topological polar surface area (TPSA) is 0 Å². The molecule has 0 amide bonds. The van der Waals surface area contributed by atoms with Crippen molar-refractivity contribution in [3.8, 4) is 0 Å². The van der Waals surface area contributed by atoms with Crippen molar-refractivity contribution >= 4 is 7.85 Å². The monoisotopic (exact) mass is 246 g/mol. The molecule has 1 saturated carbocycles. The van der Waals surface area contributed by atoms with E-state index in [9.17, 15) is 0 Å². The van der Waals surface area contributed by atoms with Crippen LogP contribution in [0.25, 0.3) is 0 Å². The lowest BCUT2D eigenvalue weighted by Gasteiger charge is -2.36. The molecule has 2 radical (unpaired) electrons. The molecular weight excluding hydrogens is 215 g/mol. The van der Waals surface area contributed by atoms with Crippen LogP contribution in [0.1, 0.15) is 84.5 Å². The van der Waals surface area contributed by atoms with Gasteiger partial charge in [0.2, 0.25) is 0 Å². The smallest absolute Gasteiger partial charge is 0.0746 e. The van der Waals surface area contributed by atoms with Gasteiger partial charge in [-0.2, -0.15) is 0 Å². The highest BCUT2D eigenvalue weighted by molar-refractivity contribution is 6.15. The molecule has 0 bridgehead atoms. The quantitative estimate of drug-likeness (QED) is 0.373. The maximum Gasteiger partial charge on any atom is 0.0746 e. The summed E-state index contributed by atoms with van der Waals surface area (Å²) in [5, 5.41) is 0.0803. The van der Waals surface area contributed by atoms with Gasteiger partial charge in [-0.1, -0.05) is 82.0 Å². The van der Waals surface area contributed by atoms with Crippen LogP contribution in [0.5, 0.6) is 0 Å². The van der Waals surface area contributed by atoms with Gasteiger partial charge in [-0.15, -0.1) is 6.58 Å². The molecule has 0 N–H and O–H groups in total. The number of unbranched alkanes of at least 4 members (excludes halogenated alkanes) is 1. The zero-order chi connectivity index (χ0) is 13.4. The van der Waals surface area contributed by atoms with E-state index in [1.54, 1.807) is 0 Å². The first kappa shape index (κ1) is 15.9. The fraction of sp³-hybridized carbons (Fsp3) is 0.882. The second kappa shape index (κ2) is 8.07. The van der Waals surface area contributed by atoms with E-state index in [1.165, 1.54) is 63.4 Å². The van der Waals surface area contributed by atoms with Crippen molar-refractivity contribution in [3.05, 3.63) is 12.2 Å². The van der Waals surface area contributed by atoms with Crippen LogP contribution in [0.4, 0.5) is 0 Å². The molecule has 0 aromatic heterocycles. The summed E-state index contributed by atoms with van der Waals surface area (Å²) in [6, 6.07) is 0. The molecule has 0 saturated heterocycles. The molecule has 1 atom stereocenters. The van der Waals surface area contributed by atoms with Crippen molar-refractivity contribution in [2.45, 2.75) is 89.8 Å². The van der Waals surface area contributed by atoms with Gasteiger partial charge in [0, 0.05) is 0 Å². The molecule has 18 heavy (non-hydrogen) atoms. The predicted octanol–water partition coefficient (Wildman–Crippen LogP) is 5.83. The van der Waals surface area contributed by atoms with E-state index in [1.807, 2.05) is 0 Å². The van der Waals surface area contributed by atoms with Crippen LogP contribution < -0.4 is 0 Å². The third-order valence-corrected chi connectivity index (χ3v) is 4.50. The first-order valence-corrected chi connectivity index (χ1v) is 7.99. The Kier molecular flexibility index (Phi) is 7.11. The minimum atomic E-state index is 0.0803. The van der Waals surface area contributed by atoms with Crippen molar-refractivity contribution in [1.82, 2.24) is 0 Å². The minimum absolute atomic E-state index is 0.0803. The second-order valence-corrected chi connectivity index (χ2v) is 6.63. The number of rotatable bonds is 8. The molecule has 0 aliphatic heterocycles. The lowest BCUT2D eigenvalue weighted by Crippen LogP contribution is -2.20. The van der Waals surface area contributed by atoms with Crippen molar-refractivity contribution in [3.63, 3.8) is 0 Å². The Morgan fingerprint density at radius 1 is 1.22 bits per heavy atom. The number of hydrogen-bond acceptors (Lipinski definition) is 0. The van der Waals surface area contributed by atoms with Crippen LogP contribution in [0.2, 0.25) is 5.31 Å². The fourth-order valence-electron chi connectivity index (χ4n) is 3.29. The third-order valence-electron chi connectivity index (χ3n) is 4.50. The third kappa shape index (κ3) is 6.11. The molecule has 0 aromatic rings. The van der Waals surface area contributed by atoms with Gasteiger partial charge in [-0.05, 0) is 19.3 Å². The second-order valence-electron chi connectivity index (χ2n) is 6.63. The fourth-order valence-corrected chi connectivity index (χ4v) is 3.29. The average molecular weight is 246 g/mol. The highest BCUT2D eigenvalue weighted by Crippen LogP contribution is 2.45. The standard InChI is InChI=1S/C17H31B/c1-4-5-12-17(18,13-11-15(2)3)14-16-9-7-6-8-10-16/h16H,2,4-14H2,1,3H3. The summed E-state index contributed by atoms with van der Waals surface area (Å²) in [5.74, 6) is 0.894.